The van der Waals surface area contributed by atoms with Crippen molar-refractivity contribution in [3.8, 4) is 11.5 Å². The van der Waals surface area contributed by atoms with Crippen molar-refractivity contribution in [3.05, 3.63) is 35.5 Å². The summed E-state index contributed by atoms with van der Waals surface area (Å²) in [7, 11) is 1.45. The molecule has 0 spiro atoms. The van der Waals surface area contributed by atoms with Crippen LogP contribution in [0.3, 0.4) is 0 Å². The number of H-pyrrole nitrogens is 1. The van der Waals surface area contributed by atoms with Crippen LogP contribution in [0.2, 0.25) is 0 Å². The Kier molecular flexibility index (Phi) is 3.18. The lowest BCUT2D eigenvalue weighted by Gasteiger charge is -2.06. The smallest absolute Gasteiger partial charge is 0.256 e. The van der Waals surface area contributed by atoms with E-state index in [1.54, 1.807) is 12.3 Å². The Morgan fingerprint density at radius 3 is 2.83 bits per heavy atom. The first-order chi connectivity index (χ1) is 8.61. The molecule has 1 amide bonds. The molecule has 6 heteroatoms. The Morgan fingerprint density at radius 1 is 1.50 bits per heavy atom. The van der Waals surface area contributed by atoms with Gasteiger partial charge in [-0.15, -0.1) is 0 Å². The number of nitrogens with zero attached hydrogens (tertiary/aromatic N) is 1. The van der Waals surface area contributed by atoms with E-state index < -0.39 is 0 Å². The summed E-state index contributed by atoms with van der Waals surface area (Å²) in [4.78, 5) is 11.9. The topological polar surface area (TPSA) is 87.2 Å². The van der Waals surface area contributed by atoms with Crippen molar-refractivity contribution in [1.29, 1.82) is 0 Å². The minimum absolute atomic E-state index is 0.0773. The summed E-state index contributed by atoms with van der Waals surface area (Å²) < 4.78 is 4.91. The second-order valence-corrected chi connectivity index (χ2v) is 3.77. The van der Waals surface area contributed by atoms with Crippen molar-refractivity contribution in [2.75, 3.05) is 12.4 Å². The summed E-state index contributed by atoms with van der Waals surface area (Å²) in [6, 6.07) is 4.45. The zero-order valence-corrected chi connectivity index (χ0v) is 10.0. The molecule has 2 rings (SSSR count). The Hall–Kier alpha value is -2.50. The molecular formula is C12H13N3O3. The number of aromatic nitrogens is 2. The van der Waals surface area contributed by atoms with E-state index in [1.165, 1.54) is 19.2 Å². The number of rotatable bonds is 3. The molecule has 0 radical (unpaired) electrons. The molecule has 0 bridgehead atoms. The largest absolute Gasteiger partial charge is 0.504 e. The van der Waals surface area contributed by atoms with Crippen molar-refractivity contribution < 1.29 is 14.6 Å². The maximum Gasteiger partial charge on any atom is 0.256 e. The number of nitrogens with one attached hydrogen (secondary N) is 2. The number of phenolic OH excluding ortho intramolecular Hbond substituents is 1. The summed E-state index contributed by atoms with van der Waals surface area (Å²) in [6.07, 6.45) is 1.61. The molecule has 0 saturated carbocycles. The van der Waals surface area contributed by atoms with Crippen LogP contribution < -0.4 is 10.1 Å². The van der Waals surface area contributed by atoms with E-state index in [1.807, 2.05) is 6.92 Å². The molecule has 0 fully saturated rings. The van der Waals surface area contributed by atoms with E-state index in [0.717, 1.165) is 5.56 Å². The van der Waals surface area contributed by atoms with Gasteiger partial charge in [0.2, 0.25) is 0 Å². The molecule has 0 unspecified atom stereocenters. The summed E-state index contributed by atoms with van der Waals surface area (Å²) in [5.41, 5.74) is 1.17. The fourth-order valence-electron chi connectivity index (χ4n) is 1.49. The van der Waals surface area contributed by atoms with Gasteiger partial charge in [0, 0.05) is 11.1 Å². The van der Waals surface area contributed by atoms with Crippen LogP contribution in [-0.4, -0.2) is 28.3 Å². The number of amides is 1. The quantitative estimate of drug-likeness (QED) is 0.770. The number of aryl methyl sites for hydroxylation is 1. The Morgan fingerprint density at radius 2 is 2.28 bits per heavy atom. The number of aromatic amines is 1. The summed E-state index contributed by atoms with van der Waals surface area (Å²) >= 11 is 0. The van der Waals surface area contributed by atoms with Gasteiger partial charge in [0.15, 0.2) is 11.5 Å². The van der Waals surface area contributed by atoms with Gasteiger partial charge < -0.3 is 15.2 Å². The van der Waals surface area contributed by atoms with Crippen molar-refractivity contribution in [2.45, 2.75) is 6.92 Å². The van der Waals surface area contributed by atoms with Gasteiger partial charge in [0.05, 0.1) is 13.3 Å². The van der Waals surface area contributed by atoms with Gasteiger partial charge in [-0.2, -0.15) is 5.10 Å². The van der Waals surface area contributed by atoms with E-state index in [2.05, 4.69) is 15.5 Å². The third kappa shape index (κ3) is 2.27. The minimum Gasteiger partial charge on any atom is -0.504 e. The minimum atomic E-state index is -0.333. The molecule has 0 aliphatic rings. The number of ether oxygens (including phenoxy) is 1. The van der Waals surface area contributed by atoms with Crippen LogP contribution in [0.25, 0.3) is 0 Å². The Labute approximate surface area is 104 Å². The molecular weight excluding hydrogens is 234 g/mol. The normalized spacial score (nSPS) is 10.1. The highest BCUT2D eigenvalue weighted by Gasteiger charge is 2.11. The van der Waals surface area contributed by atoms with Crippen molar-refractivity contribution in [1.82, 2.24) is 10.2 Å². The molecule has 2 aromatic rings. The Bertz CT molecular complexity index is 578. The lowest BCUT2D eigenvalue weighted by Crippen LogP contribution is -2.12. The fourth-order valence-corrected chi connectivity index (χ4v) is 1.49. The maximum atomic E-state index is 11.9. The number of methoxy groups -OCH3 is 1. The molecule has 0 atom stereocenters. The molecule has 0 saturated heterocycles. The summed E-state index contributed by atoms with van der Waals surface area (Å²) in [5, 5.41) is 18.7. The van der Waals surface area contributed by atoms with Crippen LogP contribution in [0.5, 0.6) is 11.5 Å². The summed E-state index contributed by atoms with van der Waals surface area (Å²) in [6.45, 7) is 1.82. The predicted molar refractivity (Wildman–Crippen MR) is 65.9 cm³/mol. The van der Waals surface area contributed by atoms with Crippen molar-refractivity contribution in [3.63, 3.8) is 0 Å². The lowest BCUT2D eigenvalue weighted by atomic mass is 10.2. The molecule has 1 heterocycles. The van der Waals surface area contributed by atoms with Crippen LogP contribution in [-0.2, 0) is 0 Å². The van der Waals surface area contributed by atoms with Crippen LogP contribution in [0.1, 0.15) is 15.9 Å². The first kappa shape index (κ1) is 12.0. The molecule has 94 valence electrons. The second kappa shape index (κ2) is 4.79. The third-order valence-electron chi connectivity index (χ3n) is 2.51. The highest BCUT2D eigenvalue weighted by atomic mass is 16.5. The number of carbonyl (C=O) groups is 1. The number of anilines is 1. The molecule has 18 heavy (non-hydrogen) atoms. The SMILES string of the molecule is COc1ccc(C(=O)Nc2[nH]ncc2C)cc1O. The highest BCUT2D eigenvalue weighted by Crippen LogP contribution is 2.26. The average Bonchev–Trinajstić information content (AvgIpc) is 2.75. The van der Waals surface area contributed by atoms with Crippen LogP contribution >= 0.6 is 0 Å². The maximum absolute atomic E-state index is 11.9. The number of hydrogen-bond donors (Lipinski definition) is 3. The van der Waals surface area contributed by atoms with E-state index in [4.69, 9.17) is 4.74 Å². The third-order valence-corrected chi connectivity index (χ3v) is 2.51. The van der Waals surface area contributed by atoms with Gasteiger partial charge >= 0.3 is 0 Å². The number of benzene rings is 1. The van der Waals surface area contributed by atoms with Crippen LogP contribution in [0, 0.1) is 6.92 Å². The van der Waals surface area contributed by atoms with Crippen LogP contribution in [0.15, 0.2) is 24.4 Å². The predicted octanol–water partition coefficient (Wildman–Crippen LogP) is 1.68. The van der Waals surface area contributed by atoms with Crippen molar-refractivity contribution in [2.24, 2.45) is 0 Å². The zero-order valence-electron chi connectivity index (χ0n) is 10.0. The molecule has 0 aliphatic heterocycles. The van der Waals surface area contributed by atoms with E-state index >= 15 is 0 Å². The van der Waals surface area contributed by atoms with E-state index in [0.29, 0.717) is 17.1 Å². The number of phenols is 1. The van der Waals surface area contributed by atoms with Gasteiger partial charge in [0.25, 0.3) is 5.91 Å². The standard InChI is InChI=1S/C12H13N3O3/c1-7-6-13-15-11(7)14-12(17)8-3-4-10(18-2)9(16)5-8/h3-6,16H,1-2H3,(H2,13,14,15,17). The van der Waals surface area contributed by atoms with Gasteiger partial charge in [-0.25, -0.2) is 0 Å². The summed E-state index contributed by atoms with van der Waals surface area (Å²) in [5.74, 6) is 0.450. The highest BCUT2D eigenvalue weighted by molar-refractivity contribution is 6.04. The number of carbonyl (C=O) groups excluding carboxylic acids is 1. The van der Waals surface area contributed by atoms with Gasteiger partial charge in [-0.05, 0) is 25.1 Å². The first-order valence-corrected chi connectivity index (χ1v) is 5.30. The average molecular weight is 247 g/mol. The van der Waals surface area contributed by atoms with Gasteiger partial charge in [-0.1, -0.05) is 0 Å². The Balaban J connectivity index is 2.19. The van der Waals surface area contributed by atoms with Gasteiger partial charge in [0.1, 0.15) is 5.82 Å². The number of aromatic hydroxyl groups is 1. The lowest BCUT2D eigenvalue weighted by molar-refractivity contribution is 0.102. The molecule has 3 N–H and O–H groups in total. The monoisotopic (exact) mass is 247 g/mol. The van der Waals surface area contributed by atoms with E-state index in [-0.39, 0.29) is 11.7 Å². The van der Waals surface area contributed by atoms with Crippen molar-refractivity contribution >= 4 is 11.7 Å². The molecule has 0 aliphatic carbocycles. The van der Waals surface area contributed by atoms with E-state index in [9.17, 15) is 9.90 Å². The number of hydrogen-bond acceptors (Lipinski definition) is 4. The molecule has 6 nitrogen and oxygen atoms in total. The molecule has 1 aromatic heterocycles. The zero-order chi connectivity index (χ0) is 13.1. The fraction of sp³-hybridized carbons (Fsp3) is 0.167. The van der Waals surface area contributed by atoms with Gasteiger partial charge in [-0.3, -0.25) is 9.89 Å². The second-order valence-electron chi connectivity index (χ2n) is 3.77. The molecule has 1 aromatic carbocycles. The van der Waals surface area contributed by atoms with Crippen LogP contribution in [0.4, 0.5) is 5.82 Å². The first-order valence-electron chi connectivity index (χ1n) is 5.30.